The topological polar surface area (TPSA) is 96.2 Å². The van der Waals surface area contributed by atoms with Crippen LogP contribution in [0.2, 0.25) is 0 Å². The van der Waals surface area contributed by atoms with Gasteiger partial charge in [-0.3, -0.25) is 4.79 Å². The van der Waals surface area contributed by atoms with Crippen LogP contribution >= 0.6 is 0 Å². The van der Waals surface area contributed by atoms with Crippen LogP contribution in [0.5, 0.6) is 11.5 Å². The van der Waals surface area contributed by atoms with E-state index in [0.29, 0.717) is 33.8 Å². The SMILES string of the molecule is COc1cc(C(=O)Nc2ccc3[nH]c(=O)[nH]c3c2)ccc1OC(C)C. The van der Waals surface area contributed by atoms with Gasteiger partial charge in [-0.15, -0.1) is 0 Å². The second kappa shape index (κ2) is 6.72. The molecule has 1 aromatic heterocycles. The first-order valence-corrected chi connectivity index (χ1v) is 7.84. The maximum atomic E-state index is 12.5. The van der Waals surface area contributed by atoms with Crippen molar-refractivity contribution in [2.75, 3.05) is 12.4 Å². The Morgan fingerprint density at radius 2 is 1.80 bits per heavy atom. The summed E-state index contributed by atoms with van der Waals surface area (Å²) in [7, 11) is 1.53. The molecule has 7 heteroatoms. The lowest BCUT2D eigenvalue weighted by Gasteiger charge is -2.14. The summed E-state index contributed by atoms with van der Waals surface area (Å²) in [5.74, 6) is 0.791. The molecular formula is C18H19N3O4. The van der Waals surface area contributed by atoms with Crippen LogP contribution in [0.3, 0.4) is 0 Å². The van der Waals surface area contributed by atoms with Gasteiger partial charge in [0.25, 0.3) is 5.91 Å². The van der Waals surface area contributed by atoms with Crippen molar-refractivity contribution in [3.63, 3.8) is 0 Å². The number of benzene rings is 2. The summed E-state index contributed by atoms with van der Waals surface area (Å²) in [6, 6.07) is 10.1. The van der Waals surface area contributed by atoms with Crippen LogP contribution in [0.1, 0.15) is 24.2 Å². The lowest BCUT2D eigenvalue weighted by molar-refractivity contribution is 0.102. The lowest BCUT2D eigenvalue weighted by Crippen LogP contribution is -2.13. The predicted molar refractivity (Wildman–Crippen MR) is 95.6 cm³/mol. The molecule has 3 rings (SSSR count). The van der Waals surface area contributed by atoms with Crippen molar-refractivity contribution in [3.05, 3.63) is 52.4 Å². The standard InChI is InChI=1S/C18H19N3O4/c1-10(2)25-15-7-4-11(8-16(15)24-3)17(22)19-12-5-6-13-14(9-12)21-18(23)20-13/h4-10H,1-3H3,(H,19,22)(H2,20,21,23). The van der Waals surface area contributed by atoms with Crippen LogP contribution in [0.4, 0.5) is 5.69 Å². The molecule has 0 aliphatic carbocycles. The number of anilines is 1. The Morgan fingerprint density at radius 1 is 1.04 bits per heavy atom. The summed E-state index contributed by atoms with van der Waals surface area (Å²) in [6.07, 6.45) is 0.00353. The average Bonchev–Trinajstić information content (AvgIpc) is 2.94. The number of hydrogen-bond donors (Lipinski definition) is 3. The highest BCUT2D eigenvalue weighted by Gasteiger charge is 2.13. The zero-order valence-corrected chi connectivity index (χ0v) is 14.2. The monoisotopic (exact) mass is 341 g/mol. The number of rotatable bonds is 5. The van der Waals surface area contributed by atoms with Crippen molar-refractivity contribution < 1.29 is 14.3 Å². The highest BCUT2D eigenvalue weighted by molar-refractivity contribution is 6.05. The quantitative estimate of drug-likeness (QED) is 0.665. The molecule has 0 aliphatic rings. The number of nitrogens with one attached hydrogen (secondary N) is 3. The van der Waals surface area contributed by atoms with Gasteiger partial charge in [0, 0.05) is 11.3 Å². The Balaban J connectivity index is 1.82. The number of amides is 1. The maximum Gasteiger partial charge on any atom is 0.323 e. The second-order valence-electron chi connectivity index (χ2n) is 5.83. The van der Waals surface area contributed by atoms with Gasteiger partial charge >= 0.3 is 5.69 Å². The molecule has 130 valence electrons. The van der Waals surface area contributed by atoms with Crippen molar-refractivity contribution in [2.24, 2.45) is 0 Å². The van der Waals surface area contributed by atoms with E-state index in [1.165, 1.54) is 7.11 Å². The number of carbonyl (C=O) groups excluding carboxylic acids is 1. The van der Waals surface area contributed by atoms with Crippen LogP contribution in [-0.4, -0.2) is 29.1 Å². The zero-order chi connectivity index (χ0) is 18.0. The third kappa shape index (κ3) is 3.65. The van der Waals surface area contributed by atoms with Gasteiger partial charge in [-0.1, -0.05) is 0 Å². The number of fused-ring (bicyclic) bond motifs is 1. The third-order valence-electron chi connectivity index (χ3n) is 3.56. The summed E-state index contributed by atoms with van der Waals surface area (Å²) in [5, 5.41) is 2.80. The molecule has 0 bridgehead atoms. The molecule has 1 amide bonds. The van der Waals surface area contributed by atoms with E-state index in [4.69, 9.17) is 9.47 Å². The van der Waals surface area contributed by atoms with Crippen LogP contribution in [0.25, 0.3) is 11.0 Å². The average molecular weight is 341 g/mol. The summed E-state index contributed by atoms with van der Waals surface area (Å²) in [6.45, 7) is 3.84. The molecule has 3 N–H and O–H groups in total. The van der Waals surface area contributed by atoms with Crippen molar-refractivity contribution in [3.8, 4) is 11.5 Å². The maximum absolute atomic E-state index is 12.5. The number of carbonyl (C=O) groups is 1. The minimum atomic E-state index is -0.288. The van der Waals surface area contributed by atoms with Crippen LogP contribution < -0.4 is 20.5 Å². The van der Waals surface area contributed by atoms with Crippen molar-refractivity contribution in [1.29, 1.82) is 0 Å². The van der Waals surface area contributed by atoms with E-state index < -0.39 is 0 Å². The molecule has 1 heterocycles. The molecule has 7 nitrogen and oxygen atoms in total. The smallest absolute Gasteiger partial charge is 0.323 e. The molecular weight excluding hydrogens is 322 g/mol. The van der Waals surface area contributed by atoms with Gasteiger partial charge in [0.05, 0.1) is 24.2 Å². The van der Waals surface area contributed by atoms with E-state index in [2.05, 4.69) is 15.3 Å². The number of methoxy groups -OCH3 is 1. The summed E-state index contributed by atoms with van der Waals surface area (Å²) in [5.41, 5.74) is 2.04. The molecule has 3 aromatic rings. The first-order valence-electron chi connectivity index (χ1n) is 7.84. The number of imidazole rings is 1. The van der Waals surface area contributed by atoms with Gasteiger partial charge < -0.3 is 24.8 Å². The Labute approximate surface area is 144 Å². The van der Waals surface area contributed by atoms with Gasteiger partial charge in [-0.05, 0) is 50.2 Å². The summed E-state index contributed by atoms with van der Waals surface area (Å²) >= 11 is 0. The van der Waals surface area contributed by atoms with Crippen molar-refractivity contribution in [1.82, 2.24) is 9.97 Å². The van der Waals surface area contributed by atoms with Gasteiger partial charge in [0.1, 0.15) is 0 Å². The molecule has 0 atom stereocenters. The van der Waals surface area contributed by atoms with E-state index in [0.717, 1.165) is 0 Å². The number of aromatic amines is 2. The molecule has 0 saturated heterocycles. The van der Waals surface area contributed by atoms with E-state index >= 15 is 0 Å². The molecule has 0 saturated carbocycles. The lowest BCUT2D eigenvalue weighted by atomic mass is 10.1. The molecule has 2 aromatic carbocycles. The molecule has 25 heavy (non-hydrogen) atoms. The number of H-pyrrole nitrogens is 2. The Hall–Kier alpha value is -3.22. The fraction of sp³-hybridized carbons (Fsp3) is 0.222. The summed E-state index contributed by atoms with van der Waals surface area (Å²) in [4.78, 5) is 29.1. The molecule has 0 spiro atoms. The highest BCUT2D eigenvalue weighted by atomic mass is 16.5. The molecule has 0 radical (unpaired) electrons. The van der Waals surface area contributed by atoms with Gasteiger partial charge in [-0.2, -0.15) is 0 Å². The second-order valence-corrected chi connectivity index (χ2v) is 5.83. The minimum Gasteiger partial charge on any atom is -0.493 e. The van der Waals surface area contributed by atoms with E-state index in [1.807, 2.05) is 13.8 Å². The van der Waals surface area contributed by atoms with Crippen molar-refractivity contribution in [2.45, 2.75) is 20.0 Å². The first-order chi connectivity index (χ1) is 12.0. The van der Waals surface area contributed by atoms with Gasteiger partial charge in [-0.25, -0.2) is 4.79 Å². The fourth-order valence-electron chi connectivity index (χ4n) is 2.47. The van der Waals surface area contributed by atoms with E-state index in [1.54, 1.807) is 36.4 Å². The highest BCUT2D eigenvalue weighted by Crippen LogP contribution is 2.29. The Morgan fingerprint density at radius 3 is 2.52 bits per heavy atom. The normalized spacial score (nSPS) is 10.9. The molecule has 0 fully saturated rings. The summed E-state index contributed by atoms with van der Waals surface area (Å²) < 4.78 is 10.9. The number of hydrogen-bond acceptors (Lipinski definition) is 4. The Kier molecular flexibility index (Phi) is 4.47. The molecule has 0 aliphatic heterocycles. The third-order valence-corrected chi connectivity index (χ3v) is 3.56. The van der Waals surface area contributed by atoms with E-state index in [-0.39, 0.29) is 17.7 Å². The van der Waals surface area contributed by atoms with E-state index in [9.17, 15) is 9.59 Å². The fourth-order valence-corrected chi connectivity index (χ4v) is 2.47. The molecule has 0 unspecified atom stereocenters. The first kappa shape index (κ1) is 16.6. The number of aromatic nitrogens is 2. The van der Waals surface area contributed by atoms with Crippen LogP contribution in [0.15, 0.2) is 41.2 Å². The van der Waals surface area contributed by atoms with Gasteiger partial charge in [0.2, 0.25) is 0 Å². The number of ether oxygens (including phenoxy) is 2. The predicted octanol–water partition coefficient (Wildman–Crippen LogP) is 2.90. The van der Waals surface area contributed by atoms with Crippen LogP contribution in [-0.2, 0) is 0 Å². The van der Waals surface area contributed by atoms with Gasteiger partial charge in [0.15, 0.2) is 11.5 Å². The Bertz CT molecular complexity index is 972. The van der Waals surface area contributed by atoms with Crippen molar-refractivity contribution >= 4 is 22.6 Å². The van der Waals surface area contributed by atoms with Crippen LogP contribution in [0, 0.1) is 0 Å². The largest absolute Gasteiger partial charge is 0.493 e. The minimum absolute atomic E-state index is 0.00353. The zero-order valence-electron chi connectivity index (χ0n) is 14.2.